The zero-order valence-corrected chi connectivity index (χ0v) is 11.2. The van der Waals surface area contributed by atoms with E-state index in [2.05, 4.69) is 5.32 Å². The number of fused-ring (bicyclic) bond motifs is 1. The quantitative estimate of drug-likeness (QED) is 0.797. The monoisotopic (exact) mass is 285 g/mol. The lowest BCUT2D eigenvalue weighted by atomic mass is 10.2. The second-order valence-corrected chi connectivity index (χ2v) is 4.45. The SMILES string of the molecule is COc1ccc2c(=O)c(Nc3ccccc3F)coc2c1. The summed E-state index contributed by atoms with van der Waals surface area (Å²) in [4.78, 5) is 12.4. The van der Waals surface area contributed by atoms with E-state index in [4.69, 9.17) is 9.15 Å². The van der Waals surface area contributed by atoms with Crippen LogP contribution in [0, 0.1) is 5.82 Å². The standard InChI is InChI=1S/C16H12FNO3/c1-20-10-6-7-11-15(8-10)21-9-14(16(11)19)18-13-5-3-2-4-12(13)17/h2-9,18H,1H3. The molecule has 3 aromatic rings. The van der Waals surface area contributed by atoms with Gasteiger partial charge in [0.05, 0.1) is 18.2 Å². The van der Waals surface area contributed by atoms with Gasteiger partial charge in [-0.25, -0.2) is 4.39 Å². The number of nitrogens with one attached hydrogen (secondary N) is 1. The maximum Gasteiger partial charge on any atom is 0.216 e. The first-order valence-corrected chi connectivity index (χ1v) is 6.30. The van der Waals surface area contributed by atoms with E-state index < -0.39 is 5.82 Å². The molecule has 2 aromatic carbocycles. The van der Waals surface area contributed by atoms with Gasteiger partial charge in [-0.1, -0.05) is 12.1 Å². The number of para-hydroxylation sites is 1. The largest absolute Gasteiger partial charge is 0.497 e. The van der Waals surface area contributed by atoms with Crippen LogP contribution in [0.2, 0.25) is 0 Å². The van der Waals surface area contributed by atoms with Crippen LogP contribution in [0.3, 0.4) is 0 Å². The van der Waals surface area contributed by atoms with Crippen LogP contribution < -0.4 is 15.5 Å². The lowest BCUT2D eigenvalue weighted by Gasteiger charge is -2.07. The van der Waals surface area contributed by atoms with Crippen LogP contribution in [0.4, 0.5) is 15.8 Å². The second-order valence-electron chi connectivity index (χ2n) is 4.45. The highest BCUT2D eigenvalue weighted by molar-refractivity contribution is 5.81. The van der Waals surface area contributed by atoms with E-state index in [0.717, 1.165) is 0 Å². The smallest absolute Gasteiger partial charge is 0.216 e. The summed E-state index contributed by atoms with van der Waals surface area (Å²) in [6.07, 6.45) is 1.27. The van der Waals surface area contributed by atoms with Crippen molar-refractivity contribution in [1.82, 2.24) is 0 Å². The minimum absolute atomic E-state index is 0.178. The van der Waals surface area contributed by atoms with Gasteiger partial charge in [-0.05, 0) is 24.3 Å². The van der Waals surface area contributed by atoms with Crippen molar-refractivity contribution in [2.45, 2.75) is 0 Å². The normalized spacial score (nSPS) is 10.6. The Morgan fingerprint density at radius 2 is 1.95 bits per heavy atom. The molecule has 5 heteroatoms. The highest BCUT2D eigenvalue weighted by atomic mass is 19.1. The average molecular weight is 285 g/mol. The predicted octanol–water partition coefficient (Wildman–Crippen LogP) is 3.68. The van der Waals surface area contributed by atoms with Crippen LogP contribution in [-0.4, -0.2) is 7.11 Å². The Morgan fingerprint density at radius 1 is 1.14 bits per heavy atom. The number of halogens is 1. The third-order valence-electron chi connectivity index (χ3n) is 3.12. The fraction of sp³-hybridized carbons (Fsp3) is 0.0625. The van der Waals surface area contributed by atoms with Gasteiger partial charge in [0.2, 0.25) is 5.43 Å². The minimum Gasteiger partial charge on any atom is -0.497 e. The zero-order valence-electron chi connectivity index (χ0n) is 11.2. The number of ether oxygens (including phenoxy) is 1. The molecule has 0 unspecified atom stereocenters. The van der Waals surface area contributed by atoms with Crippen LogP contribution in [0.15, 0.2) is 57.9 Å². The number of rotatable bonds is 3. The van der Waals surface area contributed by atoms with Gasteiger partial charge in [-0.15, -0.1) is 0 Å². The molecule has 1 heterocycles. The van der Waals surface area contributed by atoms with E-state index in [0.29, 0.717) is 16.7 Å². The molecule has 0 atom stereocenters. The molecule has 1 aromatic heterocycles. The number of benzene rings is 2. The summed E-state index contributed by atoms with van der Waals surface area (Å²) < 4.78 is 24.1. The summed E-state index contributed by atoms with van der Waals surface area (Å²) in [5.74, 6) is 0.159. The molecule has 4 nitrogen and oxygen atoms in total. The Bertz CT molecular complexity index is 858. The average Bonchev–Trinajstić information content (AvgIpc) is 2.51. The topological polar surface area (TPSA) is 51.5 Å². The van der Waals surface area contributed by atoms with E-state index >= 15 is 0 Å². The van der Waals surface area contributed by atoms with Gasteiger partial charge in [0.15, 0.2) is 0 Å². The lowest BCUT2D eigenvalue weighted by molar-refractivity contribution is 0.414. The second kappa shape index (κ2) is 5.28. The first-order valence-electron chi connectivity index (χ1n) is 6.30. The van der Waals surface area contributed by atoms with Crippen molar-refractivity contribution in [2.75, 3.05) is 12.4 Å². The number of hydrogen-bond acceptors (Lipinski definition) is 4. The molecule has 0 aliphatic rings. The number of anilines is 2. The minimum atomic E-state index is -0.438. The molecule has 3 rings (SSSR count). The van der Waals surface area contributed by atoms with Crippen LogP contribution >= 0.6 is 0 Å². The van der Waals surface area contributed by atoms with Crippen molar-refractivity contribution >= 4 is 22.3 Å². The molecule has 0 saturated heterocycles. The Kier molecular flexibility index (Phi) is 3.31. The molecular formula is C16H12FNO3. The number of hydrogen-bond donors (Lipinski definition) is 1. The van der Waals surface area contributed by atoms with Gasteiger partial charge in [0.1, 0.15) is 29.1 Å². The predicted molar refractivity (Wildman–Crippen MR) is 78.7 cm³/mol. The van der Waals surface area contributed by atoms with Crippen molar-refractivity contribution in [1.29, 1.82) is 0 Å². The van der Waals surface area contributed by atoms with Gasteiger partial charge < -0.3 is 14.5 Å². The van der Waals surface area contributed by atoms with Gasteiger partial charge in [0, 0.05) is 6.07 Å². The molecule has 0 aliphatic carbocycles. The molecule has 21 heavy (non-hydrogen) atoms. The highest BCUT2D eigenvalue weighted by Gasteiger charge is 2.09. The molecule has 0 aliphatic heterocycles. The third kappa shape index (κ3) is 2.45. The van der Waals surface area contributed by atoms with Crippen LogP contribution in [-0.2, 0) is 0 Å². The van der Waals surface area contributed by atoms with Crippen molar-refractivity contribution in [3.8, 4) is 5.75 Å². The first-order chi connectivity index (χ1) is 10.2. The number of methoxy groups -OCH3 is 1. The van der Waals surface area contributed by atoms with E-state index in [1.54, 1.807) is 36.4 Å². The Balaban J connectivity index is 2.07. The summed E-state index contributed by atoms with van der Waals surface area (Å²) in [7, 11) is 1.54. The fourth-order valence-corrected chi connectivity index (χ4v) is 2.03. The Labute approximate surface area is 119 Å². The van der Waals surface area contributed by atoms with E-state index in [9.17, 15) is 9.18 Å². The summed E-state index contributed by atoms with van der Waals surface area (Å²) >= 11 is 0. The van der Waals surface area contributed by atoms with E-state index in [1.165, 1.54) is 19.4 Å². The molecule has 0 amide bonds. The van der Waals surface area contributed by atoms with Crippen molar-refractivity contribution in [3.63, 3.8) is 0 Å². The molecular weight excluding hydrogens is 273 g/mol. The third-order valence-corrected chi connectivity index (χ3v) is 3.12. The molecule has 106 valence electrons. The summed E-state index contributed by atoms with van der Waals surface area (Å²) in [5.41, 5.74) is 0.552. The molecule has 0 radical (unpaired) electrons. The Hall–Kier alpha value is -2.82. The molecule has 0 spiro atoms. The van der Waals surface area contributed by atoms with Gasteiger partial charge in [-0.3, -0.25) is 4.79 Å². The fourth-order valence-electron chi connectivity index (χ4n) is 2.03. The maximum absolute atomic E-state index is 13.6. The van der Waals surface area contributed by atoms with E-state index in [-0.39, 0.29) is 16.8 Å². The van der Waals surface area contributed by atoms with Crippen LogP contribution in [0.25, 0.3) is 11.0 Å². The lowest BCUT2D eigenvalue weighted by Crippen LogP contribution is -2.08. The summed E-state index contributed by atoms with van der Waals surface area (Å²) in [6, 6.07) is 11.0. The maximum atomic E-state index is 13.6. The van der Waals surface area contributed by atoms with E-state index in [1.807, 2.05) is 0 Å². The van der Waals surface area contributed by atoms with Crippen molar-refractivity contribution in [3.05, 3.63) is 64.8 Å². The van der Waals surface area contributed by atoms with Crippen molar-refractivity contribution < 1.29 is 13.5 Å². The molecule has 1 N–H and O–H groups in total. The first kappa shape index (κ1) is 13.2. The zero-order chi connectivity index (χ0) is 14.8. The summed E-state index contributed by atoms with van der Waals surface area (Å²) in [6.45, 7) is 0. The van der Waals surface area contributed by atoms with Crippen LogP contribution in [0.5, 0.6) is 5.75 Å². The highest BCUT2D eigenvalue weighted by Crippen LogP contribution is 2.22. The molecule has 0 fully saturated rings. The summed E-state index contributed by atoms with van der Waals surface area (Å²) in [5, 5.41) is 3.15. The molecule has 0 bridgehead atoms. The van der Waals surface area contributed by atoms with Gasteiger partial charge in [0.25, 0.3) is 0 Å². The Morgan fingerprint density at radius 3 is 2.71 bits per heavy atom. The van der Waals surface area contributed by atoms with Crippen molar-refractivity contribution in [2.24, 2.45) is 0 Å². The van der Waals surface area contributed by atoms with Crippen LogP contribution in [0.1, 0.15) is 0 Å². The van der Waals surface area contributed by atoms with Gasteiger partial charge >= 0.3 is 0 Å². The van der Waals surface area contributed by atoms with Gasteiger partial charge in [-0.2, -0.15) is 0 Å². The molecule has 0 saturated carbocycles.